The van der Waals surface area contributed by atoms with Gasteiger partial charge < -0.3 is 5.32 Å². The molecule has 5 nitrogen and oxygen atoms in total. The molecule has 0 aliphatic heterocycles. The van der Waals surface area contributed by atoms with Crippen LogP contribution in [-0.2, 0) is 16.6 Å². The van der Waals surface area contributed by atoms with E-state index in [1.807, 2.05) is 0 Å². The summed E-state index contributed by atoms with van der Waals surface area (Å²) in [5.41, 5.74) is 0.515. The summed E-state index contributed by atoms with van der Waals surface area (Å²) in [6, 6.07) is 11.7. The standard InChI is InChI=1S/C19H23FN2O3S/c1-14(2)10-11-21-19(23)15-7-5-8-17(12-15)26(24,25)22-13-16-6-3-4-9-18(16)20/h3-9,12,14,22H,10-11,13H2,1-2H3,(H,21,23). The van der Waals surface area contributed by atoms with E-state index in [0.717, 1.165) is 6.42 Å². The van der Waals surface area contributed by atoms with E-state index in [4.69, 9.17) is 0 Å². The van der Waals surface area contributed by atoms with Crippen LogP contribution >= 0.6 is 0 Å². The summed E-state index contributed by atoms with van der Waals surface area (Å²) in [4.78, 5) is 12.1. The van der Waals surface area contributed by atoms with Crippen molar-refractivity contribution in [3.05, 3.63) is 65.5 Å². The Kier molecular flexibility index (Phi) is 6.88. The SMILES string of the molecule is CC(C)CCNC(=O)c1cccc(S(=O)(=O)NCc2ccccc2F)c1. The highest BCUT2D eigenvalue weighted by Gasteiger charge is 2.17. The molecule has 0 fully saturated rings. The molecule has 2 aromatic rings. The Hall–Kier alpha value is -2.25. The minimum atomic E-state index is -3.86. The van der Waals surface area contributed by atoms with Crippen molar-refractivity contribution in [1.82, 2.24) is 10.0 Å². The molecule has 0 atom stereocenters. The number of hydrogen-bond acceptors (Lipinski definition) is 3. The van der Waals surface area contributed by atoms with Crippen LogP contribution in [0.1, 0.15) is 36.2 Å². The van der Waals surface area contributed by atoms with Crippen LogP contribution in [0.5, 0.6) is 0 Å². The number of hydrogen-bond donors (Lipinski definition) is 2. The van der Waals surface area contributed by atoms with Gasteiger partial charge in [-0.3, -0.25) is 4.79 Å². The number of carbonyl (C=O) groups is 1. The van der Waals surface area contributed by atoms with Crippen molar-refractivity contribution in [2.75, 3.05) is 6.54 Å². The Bertz CT molecular complexity index is 867. The summed E-state index contributed by atoms with van der Waals surface area (Å²) in [5, 5.41) is 2.77. The van der Waals surface area contributed by atoms with Crippen LogP contribution in [-0.4, -0.2) is 20.9 Å². The predicted molar refractivity (Wildman–Crippen MR) is 98.7 cm³/mol. The van der Waals surface area contributed by atoms with Crippen molar-refractivity contribution < 1.29 is 17.6 Å². The van der Waals surface area contributed by atoms with Gasteiger partial charge >= 0.3 is 0 Å². The lowest BCUT2D eigenvalue weighted by Crippen LogP contribution is -2.27. The van der Waals surface area contributed by atoms with Crippen molar-refractivity contribution in [2.24, 2.45) is 5.92 Å². The maximum Gasteiger partial charge on any atom is 0.251 e. The van der Waals surface area contributed by atoms with Crippen molar-refractivity contribution in [1.29, 1.82) is 0 Å². The summed E-state index contributed by atoms with van der Waals surface area (Å²) >= 11 is 0. The van der Waals surface area contributed by atoms with Crippen molar-refractivity contribution >= 4 is 15.9 Å². The zero-order chi connectivity index (χ0) is 19.2. The number of nitrogens with one attached hydrogen (secondary N) is 2. The van der Waals surface area contributed by atoms with Gasteiger partial charge in [-0.2, -0.15) is 0 Å². The highest BCUT2D eigenvalue weighted by Crippen LogP contribution is 2.13. The van der Waals surface area contributed by atoms with Crippen molar-refractivity contribution in [3.63, 3.8) is 0 Å². The highest BCUT2D eigenvalue weighted by atomic mass is 32.2. The molecule has 1 amide bonds. The normalized spacial score (nSPS) is 11.5. The number of carbonyl (C=O) groups excluding carboxylic acids is 1. The number of sulfonamides is 1. The van der Waals surface area contributed by atoms with Gasteiger partial charge in [0, 0.05) is 24.2 Å². The third-order valence-electron chi connectivity index (χ3n) is 3.82. The third-order valence-corrected chi connectivity index (χ3v) is 5.22. The first kappa shape index (κ1) is 20.1. The Labute approximate surface area is 153 Å². The van der Waals surface area contributed by atoms with Crippen LogP contribution < -0.4 is 10.0 Å². The molecule has 2 N–H and O–H groups in total. The molecule has 0 saturated heterocycles. The largest absolute Gasteiger partial charge is 0.352 e. The van der Waals surface area contributed by atoms with E-state index in [1.54, 1.807) is 12.1 Å². The number of benzene rings is 2. The summed E-state index contributed by atoms with van der Waals surface area (Å²) in [5.74, 6) is -0.338. The monoisotopic (exact) mass is 378 g/mol. The molecule has 0 heterocycles. The zero-order valence-corrected chi connectivity index (χ0v) is 15.6. The van der Waals surface area contributed by atoms with Crippen LogP contribution in [0.4, 0.5) is 4.39 Å². The first-order valence-corrected chi connectivity index (χ1v) is 9.89. The number of amides is 1. The topological polar surface area (TPSA) is 75.3 Å². The molecule has 7 heteroatoms. The van der Waals surface area contributed by atoms with Crippen LogP contribution in [0.3, 0.4) is 0 Å². The Morgan fingerprint density at radius 3 is 2.54 bits per heavy atom. The zero-order valence-electron chi connectivity index (χ0n) is 14.8. The first-order chi connectivity index (χ1) is 12.3. The fourth-order valence-electron chi connectivity index (χ4n) is 2.28. The van der Waals surface area contributed by atoms with Gasteiger partial charge in [-0.05, 0) is 36.6 Å². The summed E-state index contributed by atoms with van der Waals surface area (Å²) in [7, 11) is -3.86. The molecule has 0 aromatic heterocycles. The van der Waals surface area contributed by atoms with Crippen LogP contribution in [0.15, 0.2) is 53.4 Å². The summed E-state index contributed by atoms with van der Waals surface area (Å²) in [6.45, 7) is 4.47. The highest BCUT2D eigenvalue weighted by molar-refractivity contribution is 7.89. The fraction of sp³-hybridized carbons (Fsp3) is 0.316. The molecule has 140 valence electrons. The number of halogens is 1. The smallest absolute Gasteiger partial charge is 0.251 e. The number of rotatable bonds is 8. The summed E-state index contributed by atoms with van der Waals surface area (Å²) in [6.07, 6.45) is 0.841. The second-order valence-electron chi connectivity index (χ2n) is 6.38. The van der Waals surface area contributed by atoms with Gasteiger partial charge in [-0.25, -0.2) is 17.5 Å². The molecule has 2 aromatic carbocycles. The second kappa shape index (κ2) is 8.91. The van der Waals surface area contributed by atoms with E-state index in [2.05, 4.69) is 23.9 Å². The maximum absolute atomic E-state index is 13.6. The van der Waals surface area contributed by atoms with E-state index in [9.17, 15) is 17.6 Å². The van der Waals surface area contributed by atoms with E-state index >= 15 is 0 Å². The fourth-order valence-corrected chi connectivity index (χ4v) is 3.33. The molecule has 0 spiro atoms. The van der Waals surface area contributed by atoms with E-state index in [1.165, 1.54) is 36.4 Å². The Morgan fingerprint density at radius 1 is 1.12 bits per heavy atom. The molecular formula is C19H23FN2O3S. The van der Waals surface area contributed by atoms with Crippen molar-refractivity contribution in [2.45, 2.75) is 31.7 Å². The lowest BCUT2D eigenvalue weighted by atomic mass is 10.1. The second-order valence-corrected chi connectivity index (χ2v) is 8.15. The maximum atomic E-state index is 13.6. The van der Waals surface area contributed by atoms with Gasteiger partial charge in [0.25, 0.3) is 5.91 Å². The molecular weight excluding hydrogens is 355 g/mol. The average Bonchev–Trinajstić information content (AvgIpc) is 2.61. The van der Waals surface area contributed by atoms with Crippen LogP contribution in [0, 0.1) is 11.7 Å². The van der Waals surface area contributed by atoms with Gasteiger partial charge in [-0.1, -0.05) is 38.1 Å². The lowest BCUT2D eigenvalue weighted by Gasteiger charge is -2.10. The lowest BCUT2D eigenvalue weighted by molar-refractivity contribution is 0.0952. The molecule has 0 aliphatic carbocycles. The van der Waals surface area contributed by atoms with Crippen LogP contribution in [0.25, 0.3) is 0 Å². The van der Waals surface area contributed by atoms with Gasteiger partial charge in [0.1, 0.15) is 5.82 Å². The third kappa shape index (κ3) is 5.64. The van der Waals surface area contributed by atoms with Gasteiger partial charge in [0.05, 0.1) is 4.90 Å². The molecule has 0 bridgehead atoms. The predicted octanol–water partition coefficient (Wildman–Crippen LogP) is 3.08. The first-order valence-electron chi connectivity index (χ1n) is 8.41. The average molecular weight is 378 g/mol. The van der Waals surface area contributed by atoms with Crippen LogP contribution in [0.2, 0.25) is 0 Å². The molecule has 26 heavy (non-hydrogen) atoms. The Balaban J connectivity index is 2.07. The Morgan fingerprint density at radius 2 is 1.85 bits per heavy atom. The summed E-state index contributed by atoms with van der Waals surface area (Å²) < 4.78 is 40.8. The molecule has 2 rings (SSSR count). The van der Waals surface area contributed by atoms with Crippen molar-refractivity contribution in [3.8, 4) is 0 Å². The van der Waals surface area contributed by atoms with E-state index < -0.39 is 15.8 Å². The minimum absolute atomic E-state index is 0.0367. The van der Waals surface area contributed by atoms with Gasteiger partial charge in [0.15, 0.2) is 0 Å². The molecule has 0 saturated carbocycles. The molecule has 0 aliphatic rings. The minimum Gasteiger partial charge on any atom is -0.352 e. The van der Waals surface area contributed by atoms with Gasteiger partial charge in [-0.15, -0.1) is 0 Å². The van der Waals surface area contributed by atoms with E-state index in [0.29, 0.717) is 12.5 Å². The molecule has 0 radical (unpaired) electrons. The van der Waals surface area contributed by atoms with Gasteiger partial charge in [0.2, 0.25) is 10.0 Å². The molecule has 0 unspecified atom stereocenters. The quantitative estimate of drug-likeness (QED) is 0.741. The van der Waals surface area contributed by atoms with E-state index in [-0.39, 0.29) is 28.5 Å².